The molecule has 1 saturated heterocycles. The Morgan fingerprint density at radius 1 is 1.13 bits per heavy atom. The van der Waals surface area contributed by atoms with Crippen LogP contribution < -0.4 is 0 Å². The average molecular weight is 424 g/mol. The Hall–Kier alpha value is -2.17. The van der Waals surface area contributed by atoms with Gasteiger partial charge in [-0.3, -0.25) is 9.69 Å². The smallest absolute Gasteiger partial charge is 0.257 e. The van der Waals surface area contributed by atoms with Crippen molar-refractivity contribution in [2.75, 3.05) is 13.1 Å². The number of nitrogens with zero attached hydrogens (tertiary/aromatic N) is 3. The maximum atomic E-state index is 13.4. The molecule has 4 nitrogen and oxygen atoms in total. The number of piperidine rings is 1. The normalized spacial score (nSPS) is 22.3. The van der Waals surface area contributed by atoms with Crippen molar-refractivity contribution in [2.24, 2.45) is 5.10 Å². The van der Waals surface area contributed by atoms with Gasteiger partial charge in [-0.25, -0.2) is 5.01 Å². The fourth-order valence-electron chi connectivity index (χ4n) is 4.53. The van der Waals surface area contributed by atoms with Crippen molar-refractivity contribution in [3.05, 3.63) is 69.7 Å². The Kier molecular flexibility index (Phi) is 6.26. The summed E-state index contributed by atoms with van der Waals surface area (Å²) in [7, 11) is 0. The monoisotopic (exact) mass is 423 g/mol. The number of hydrogen-bond acceptors (Lipinski definition) is 3. The molecule has 2 atom stereocenters. The van der Waals surface area contributed by atoms with Gasteiger partial charge in [0, 0.05) is 23.0 Å². The first-order chi connectivity index (χ1) is 14.4. The molecule has 0 aliphatic carbocycles. The molecule has 2 unspecified atom stereocenters. The van der Waals surface area contributed by atoms with Gasteiger partial charge in [-0.05, 0) is 69.5 Å². The van der Waals surface area contributed by atoms with Gasteiger partial charge in [-0.1, -0.05) is 47.9 Å². The molecular formula is C25H30ClN3O. The van der Waals surface area contributed by atoms with Gasteiger partial charge in [0.1, 0.15) is 0 Å². The molecule has 4 rings (SSSR count). The summed E-state index contributed by atoms with van der Waals surface area (Å²) in [6.07, 6.45) is 4.28. The minimum Gasteiger partial charge on any atom is -0.292 e. The van der Waals surface area contributed by atoms with E-state index in [-0.39, 0.29) is 11.9 Å². The standard InChI is InChI=1S/C25H30ClN3O/c1-17-7-8-18(2)22(14-17)23-15-24(20-9-11-21(26)12-10-20)29(27-23)25(30)16-28-13-5-4-6-19(28)3/h7-12,14,19,24H,4-6,13,15-16H2,1-3H3. The van der Waals surface area contributed by atoms with E-state index in [2.05, 4.69) is 43.9 Å². The number of carbonyl (C=O) groups is 1. The zero-order valence-electron chi connectivity index (χ0n) is 18.1. The second-order valence-corrected chi connectivity index (χ2v) is 9.13. The van der Waals surface area contributed by atoms with E-state index >= 15 is 0 Å². The fourth-order valence-corrected chi connectivity index (χ4v) is 4.66. The highest BCUT2D eigenvalue weighted by molar-refractivity contribution is 6.30. The molecule has 2 aliphatic heterocycles. The van der Waals surface area contributed by atoms with E-state index in [0.717, 1.165) is 36.2 Å². The van der Waals surface area contributed by atoms with Crippen LogP contribution in [0, 0.1) is 13.8 Å². The highest BCUT2D eigenvalue weighted by atomic mass is 35.5. The minimum atomic E-state index is -0.0928. The molecule has 30 heavy (non-hydrogen) atoms. The molecule has 158 valence electrons. The van der Waals surface area contributed by atoms with E-state index < -0.39 is 0 Å². The van der Waals surface area contributed by atoms with Crippen LogP contribution in [0.3, 0.4) is 0 Å². The minimum absolute atomic E-state index is 0.0732. The third kappa shape index (κ3) is 4.45. The van der Waals surface area contributed by atoms with Crippen LogP contribution in [0.5, 0.6) is 0 Å². The van der Waals surface area contributed by atoms with Crippen molar-refractivity contribution in [3.63, 3.8) is 0 Å². The summed E-state index contributed by atoms with van der Waals surface area (Å²) in [4.78, 5) is 15.7. The van der Waals surface area contributed by atoms with Crippen LogP contribution in [-0.2, 0) is 4.79 Å². The van der Waals surface area contributed by atoms with E-state index in [1.54, 1.807) is 5.01 Å². The predicted molar refractivity (Wildman–Crippen MR) is 123 cm³/mol. The third-order valence-electron chi connectivity index (χ3n) is 6.40. The van der Waals surface area contributed by atoms with Crippen molar-refractivity contribution in [3.8, 4) is 0 Å². The SMILES string of the molecule is Cc1ccc(C)c(C2=NN(C(=O)CN3CCCCC3C)C(c3ccc(Cl)cc3)C2)c1. The first-order valence-electron chi connectivity index (χ1n) is 10.9. The number of carbonyl (C=O) groups excluding carboxylic acids is 1. The summed E-state index contributed by atoms with van der Waals surface area (Å²) < 4.78 is 0. The number of hydrogen-bond donors (Lipinski definition) is 0. The van der Waals surface area contributed by atoms with Gasteiger partial charge in [-0.15, -0.1) is 0 Å². The Morgan fingerprint density at radius 2 is 1.90 bits per heavy atom. The maximum Gasteiger partial charge on any atom is 0.257 e. The van der Waals surface area contributed by atoms with Crippen LogP contribution in [0.25, 0.3) is 0 Å². The predicted octanol–water partition coefficient (Wildman–Crippen LogP) is 5.51. The van der Waals surface area contributed by atoms with Crippen molar-refractivity contribution >= 4 is 23.2 Å². The summed E-state index contributed by atoms with van der Waals surface area (Å²) in [5, 5.41) is 7.30. The number of amides is 1. The lowest BCUT2D eigenvalue weighted by Gasteiger charge is -2.34. The van der Waals surface area contributed by atoms with Gasteiger partial charge in [0.15, 0.2) is 0 Å². The van der Waals surface area contributed by atoms with Crippen molar-refractivity contribution in [2.45, 2.75) is 58.5 Å². The van der Waals surface area contributed by atoms with Gasteiger partial charge in [0.2, 0.25) is 0 Å². The molecule has 2 heterocycles. The van der Waals surface area contributed by atoms with E-state index in [4.69, 9.17) is 16.7 Å². The van der Waals surface area contributed by atoms with Gasteiger partial charge in [-0.2, -0.15) is 5.10 Å². The topological polar surface area (TPSA) is 35.9 Å². The molecule has 0 saturated carbocycles. The van der Waals surface area contributed by atoms with Crippen LogP contribution >= 0.6 is 11.6 Å². The quantitative estimate of drug-likeness (QED) is 0.650. The molecule has 0 bridgehead atoms. The Balaban J connectivity index is 1.64. The van der Waals surface area contributed by atoms with Gasteiger partial charge < -0.3 is 0 Å². The first kappa shape index (κ1) is 21.1. The van der Waals surface area contributed by atoms with Crippen LogP contribution in [0.2, 0.25) is 5.02 Å². The molecule has 2 aromatic carbocycles. The van der Waals surface area contributed by atoms with Crippen molar-refractivity contribution in [1.29, 1.82) is 0 Å². The molecule has 0 aromatic heterocycles. The van der Waals surface area contributed by atoms with E-state index in [0.29, 0.717) is 24.0 Å². The molecule has 5 heteroatoms. The number of benzene rings is 2. The van der Waals surface area contributed by atoms with E-state index in [1.807, 2.05) is 24.3 Å². The zero-order valence-corrected chi connectivity index (χ0v) is 18.8. The molecule has 1 fully saturated rings. The lowest BCUT2D eigenvalue weighted by atomic mass is 9.95. The summed E-state index contributed by atoms with van der Waals surface area (Å²) in [5.41, 5.74) is 5.58. The lowest BCUT2D eigenvalue weighted by Crippen LogP contribution is -2.44. The molecular weight excluding hydrogens is 394 g/mol. The highest BCUT2D eigenvalue weighted by Gasteiger charge is 2.35. The molecule has 0 N–H and O–H groups in total. The fraction of sp³-hybridized carbons (Fsp3) is 0.440. The van der Waals surface area contributed by atoms with Gasteiger partial charge >= 0.3 is 0 Å². The zero-order chi connectivity index (χ0) is 21.3. The molecule has 2 aromatic rings. The summed E-state index contributed by atoms with van der Waals surface area (Å²) in [5.74, 6) is 0.0732. The summed E-state index contributed by atoms with van der Waals surface area (Å²) >= 11 is 6.11. The van der Waals surface area contributed by atoms with Gasteiger partial charge in [0.25, 0.3) is 5.91 Å². The molecule has 0 radical (unpaired) electrons. The van der Waals surface area contributed by atoms with Crippen LogP contribution in [-0.4, -0.2) is 40.7 Å². The van der Waals surface area contributed by atoms with Crippen LogP contribution in [0.15, 0.2) is 47.6 Å². The summed E-state index contributed by atoms with van der Waals surface area (Å²) in [6, 6.07) is 14.6. The maximum absolute atomic E-state index is 13.4. The van der Waals surface area contributed by atoms with Crippen LogP contribution in [0.4, 0.5) is 0 Å². The Morgan fingerprint density at radius 3 is 2.63 bits per heavy atom. The number of hydrazone groups is 1. The van der Waals surface area contributed by atoms with Crippen LogP contribution in [0.1, 0.15) is 60.9 Å². The Labute approximate surface area is 184 Å². The molecule has 1 amide bonds. The van der Waals surface area contributed by atoms with Gasteiger partial charge in [0.05, 0.1) is 18.3 Å². The highest BCUT2D eigenvalue weighted by Crippen LogP contribution is 2.34. The first-order valence-corrected chi connectivity index (χ1v) is 11.3. The van der Waals surface area contributed by atoms with Crippen molar-refractivity contribution < 1.29 is 4.79 Å². The van der Waals surface area contributed by atoms with E-state index in [1.165, 1.54) is 17.5 Å². The molecule has 0 spiro atoms. The lowest BCUT2D eigenvalue weighted by molar-refractivity contribution is -0.135. The number of aryl methyl sites for hydroxylation is 2. The molecule has 2 aliphatic rings. The average Bonchev–Trinajstić information content (AvgIpc) is 3.17. The third-order valence-corrected chi connectivity index (χ3v) is 6.66. The Bertz CT molecular complexity index is 953. The largest absolute Gasteiger partial charge is 0.292 e. The number of rotatable bonds is 4. The number of likely N-dealkylation sites (tertiary alicyclic amines) is 1. The number of halogens is 1. The van der Waals surface area contributed by atoms with E-state index in [9.17, 15) is 4.79 Å². The van der Waals surface area contributed by atoms with Crippen molar-refractivity contribution in [1.82, 2.24) is 9.91 Å². The second-order valence-electron chi connectivity index (χ2n) is 8.69. The second kappa shape index (κ2) is 8.91. The summed E-state index contributed by atoms with van der Waals surface area (Å²) in [6.45, 7) is 7.83.